The van der Waals surface area contributed by atoms with Crippen molar-refractivity contribution in [3.05, 3.63) is 36.7 Å². The number of carbonyl (C=O) groups is 1. The molecule has 0 aliphatic rings. The van der Waals surface area contributed by atoms with E-state index in [1.807, 2.05) is 6.92 Å². The zero-order valence-electron chi connectivity index (χ0n) is 15.6. The third kappa shape index (κ3) is 4.90. The number of nitrogens with one attached hydrogen (secondary N) is 3. The molecule has 12 heteroatoms. The summed E-state index contributed by atoms with van der Waals surface area (Å²) in [5.74, 6) is 0.00622. The SMILES string of the molecule is CCOc1ccccc1NC(=O)Cn1cc(S(=O)(=O)NC)c(S(=O)(=O)NC)c1. The molecule has 0 aliphatic heterocycles. The molecule has 1 aromatic heterocycles. The number of benzene rings is 1. The number of nitrogens with zero attached hydrogens (tertiary/aromatic N) is 1. The van der Waals surface area contributed by atoms with Gasteiger partial charge >= 0.3 is 0 Å². The Labute approximate surface area is 164 Å². The van der Waals surface area contributed by atoms with Crippen molar-refractivity contribution in [2.24, 2.45) is 0 Å². The van der Waals surface area contributed by atoms with Gasteiger partial charge in [0, 0.05) is 12.4 Å². The number of para-hydroxylation sites is 2. The monoisotopic (exact) mass is 430 g/mol. The van der Waals surface area contributed by atoms with Crippen molar-refractivity contribution in [2.45, 2.75) is 23.3 Å². The quantitative estimate of drug-likeness (QED) is 0.525. The van der Waals surface area contributed by atoms with E-state index in [2.05, 4.69) is 14.8 Å². The fourth-order valence-electron chi connectivity index (χ4n) is 2.39. The molecule has 3 N–H and O–H groups in total. The smallest absolute Gasteiger partial charge is 0.244 e. The third-order valence-corrected chi connectivity index (χ3v) is 6.73. The predicted molar refractivity (Wildman–Crippen MR) is 103 cm³/mol. The normalized spacial score (nSPS) is 12.0. The van der Waals surface area contributed by atoms with Gasteiger partial charge in [-0.05, 0) is 33.2 Å². The second-order valence-electron chi connectivity index (χ2n) is 5.55. The van der Waals surface area contributed by atoms with Crippen LogP contribution < -0.4 is 19.5 Å². The van der Waals surface area contributed by atoms with Crippen molar-refractivity contribution < 1.29 is 26.4 Å². The summed E-state index contributed by atoms with van der Waals surface area (Å²) in [5.41, 5.74) is 0.452. The second kappa shape index (κ2) is 8.73. The van der Waals surface area contributed by atoms with Gasteiger partial charge in [0.25, 0.3) is 0 Å². The Hall–Kier alpha value is -2.41. The Kier molecular flexibility index (Phi) is 6.82. The van der Waals surface area contributed by atoms with Gasteiger partial charge in [0.15, 0.2) is 0 Å². The first-order chi connectivity index (χ1) is 13.1. The lowest BCUT2D eigenvalue weighted by atomic mass is 10.3. The van der Waals surface area contributed by atoms with Crippen molar-refractivity contribution in [3.8, 4) is 5.75 Å². The van der Waals surface area contributed by atoms with Crippen LogP contribution in [0.1, 0.15) is 6.92 Å². The fraction of sp³-hybridized carbons (Fsp3) is 0.312. The van der Waals surface area contributed by atoms with E-state index in [1.165, 1.54) is 18.7 Å². The topological polar surface area (TPSA) is 136 Å². The lowest BCUT2D eigenvalue weighted by Gasteiger charge is -2.11. The molecule has 0 saturated heterocycles. The van der Waals surface area contributed by atoms with E-state index in [4.69, 9.17) is 4.74 Å². The summed E-state index contributed by atoms with van der Waals surface area (Å²) >= 11 is 0. The van der Waals surface area contributed by atoms with Crippen molar-refractivity contribution in [3.63, 3.8) is 0 Å². The molecule has 28 heavy (non-hydrogen) atoms. The maximum atomic E-state index is 12.4. The highest BCUT2D eigenvalue weighted by Crippen LogP contribution is 2.24. The highest BCUT2D eigenvalue weighted by molar-refractivity contribution is 7.92. The summed E-state index contributed by atoms with van der Waals surface area (Å²) in [7, 11) is -5.77. The number of rotatable bonds is 9. The van der Waals surface area contributed by atoms with Crippen LogP contribution in [0.15, 0.2) is 46.5 Å². The highest BCUT2D eigenvalue weighted by atomic mass is 32.2. The van der Waals surface area contributed by atoms with E-state index < -0.39 is 35.7 Å². The Morgan fingerprint density at radius 1 is 1.00 bits per heavy atom. The van der Waals surface area contributed by atoms with Crippen LogP contribution in [0.25, 0.3) is 0 Å². The number of sulfonamides is 2. The number of anilines is 1. The predicted octanol–water partition coefficient (Wildman–Crippen LogP) is 0.342. The van der Waals surface area contributed by atoms with Crippen LogP contribution in [-0.2, 0) is 31.4 Å². The molecule has 2 aromatic rings. The van der Waals surface area contributed by atoms with Gasteiger partial charge in [-0.25, -0.2) is 26.3 Å². The molecule has 0 bridgehead atoms. The molecule has 154 valence electrons. The van der Waals surface area contributed by atoms with Gasteiger partial charge < -0.3 is 14.6 Å². The Balaban J connectivity index is 2.32. The summed E-state index contributed by atoms with van der Waals surface area (Å²) in [6.07, 6.45) is 2.17. The van der Waals surface area contributed by atoms with E-state index in [0.717, 1.165) is 12.4 Å². The molecule has 0 saturated carbocycles. The average Bonchev–Trinajstić information content (AvgIpc) is 3.09. The van der Waals surface area contributed by atoms with Crippen LogP contribution >= 0.6 is 0 Å². The van der Waals surface area contributed by atoms with E-state index in [-0.39, 0.29) is 6.54 Å². The number of hydrogen-bond acceptors (Lipinski definition) is 6. The lowest BCUT2D eigenvalue weighted by Crippen LogP contribution is -2.24. The van der Waals surface area contributed by atoms with Gasteiger partial charge in [0.05, 0.1) is 12.3 Å². The van der Waals surface area contributed by atoms with Crippen LogP contribution in [0, 0.1) is 0 Å². The number of amides is 1. The van der Waals surface area contributed by atoms with E-state index in [9.17, 15) is 21.6 Å². The molecule has 0 aliphatic carbocycles. The van der Waals surface area contributed by atoms with Crippen molar-refractivity contribution in [1.29, 1.82) is 0 Å². The van der Waals surface area contributed by atoms with E-state index >= 15 is 0 Å². The van der Waals surface area contributed by atoms with Gasteiger partial charge in [-0.1, -0.05) is 12.1 Å². The van der Waals surface area contributed by atoms with Gasteiger partial charge in [0.2, 0.25) is 26.0 Å². The number of carbonyl (C=O) groups excluding carboxylic acids is 1. The summed E-state index contributed by atoms with van der Waals surface area (Å²) < 4.78 is 59.4. The van der Waals surface area contributed by atoms with E-state index in [0.29, 0.717) is 18.0 Å². The summed E-state index contributed by atoms with van der Waals surface area (Å²) in [4.78, 5) is 11.5. The van der Waals surface area contributed by atoms with Crippen LogP contribution in [-0.4, -0.2) is 48.0 Å². The maximum absolute atomic E-state index is 12.4. The number of hydrogen-bond donors (Lipinski definition) is 3. The minimum absolute atomic E-state index is 0.300. The minimum atomic E-state index is -4.05. The molecule has 0 fully saturated rings. The molecular formula is C16H22N4O6S2. The molecule has 1 amide bonds. The van der Waals surface area contributed by atoms with Gasteiger partial charge in [0.1, 0.15) is 22.1 Å². The molecule has 1 aromatic carbocycles. The van der Waals surface area contributed by atoms with Crippen LogP contribution in [0.3, 0.4) is 0 Å². The third-order valence-electron chi connectivity index (χ3n) is 3.71. The van der Waals surface area contributed by atoms with Gasteiger partial charge in [-0.15, -0.1) is 0 Å². The second-order valence-corrected chi connectivity index (χ2v) is 9.26. The Morgan fingerprint density at radius 2 is 1.54 bits per heavy atom. The Bertz CT molecular complexity index is 1010. The largest absolute Gasteiger partial charge is 0.492 e. The summed E-state index contributed by atoms with van der Waals surface area (Å²) in [5, 5.41) is 2.66. The molecular weight excluding hydrogens is 408 g/mol. The van der Waals surface area contributed by atoms with Crippen LogP contribution in [0.5, 0.6) is 5.75 Å². The first kappa shape index (κ1) is 21.9. The van der Waals surface area contributed by atoms with Crippen molar-refractivity contribution >= 4 is 31.6 Å². The number of ether oxygens (including phenoxy) is 1. The molecule has 10 nitrogen and oxygen atoms in total. The van der Waals surface area contributed by atoms with E-state index in [1.54, 1.807) is 24.3 Å². The van der Waals surface area contributed by atoms with Gasteiger partial charge in [-0.3, -0.25) is 4.79 Å². The fourth-order valence-corrected chi connectivity index (χ4v) is 4.67. The van der Waals surface area contributed by atoms with Crippen molar-refractivity contribution in [2.75, 3.05) is 26.0 Å². The molecule has 0 unspecified atom stereocenters. The zero-order valence-corrected chi connectivity index (χ0v) is 17.2. The molecule has 2 rings (SSSR count). The minimum Gasteiger partial charge on any atom is -0.492 e. The first-order valence-electron chi connectivity index (χ1n) is 8.23. The molecule has 0 spiro atoms. The lowest BCUT2D eigenvalue weighted by molar-refractivity contribution is -0.116. The number of aromatic nitrogens is 1. The standard InChI is InChI=1S/C16H22N4O6S2/c1-4-26-13-8-6-5-7-12(13)19-16(21)11-20-9-14(27(22,23)17-2)15(10-20)28(24,25)18-3/h5-10,17-18H,4,11H2,1-3H3,(H,19,21). The summed E-state index contributed by atoms with van der Waals surface area (Å²) in [6, 6.07) is 6.84. The Morgan fingerprint density at radius 3 is 2.04 bits per heavy atom. The molecule has 1 heterocycles. The molecule has 0 radical (unpaired) electrons. The maximum Gasteiger partial charge on any atom is 0.244 e. The van der Waals surface area contributed by atoms with Crippen LogP contribution in [0.2, 0.25) is 0 Å². The molecule has 0 atom stereocenters. The highest BCUT2D eigenvalue weighted by Gasteiger charge is 2.27. The average molecular weight is 431 g/mol. The first-order valence-corrected chi connectivity index (χ1v) is 11.2. The van der Waals surface area contributed by atoms with Gasteiger partial charge in [-0.2, -0.15) is 0 Å². The zero-order chi connectivity index (χ0) is 20.9. The van der Waals surface area contributed by atoms with Crippen LogP contribution in [0.4, 0.5) is 5.69 Å². The van der Waals surface area contributed by atoms with Crippen molar-refractivity contribution in [1.82, 2.24) is 14.0 Å². The summed E-state index contributed by atoms with van der Waals surface area (Å²) in [6.45, 7) is 1.93.